The molecular formula is C24H23NO4S2. The number of carbonyl (C=O) groups excluding carboxylic acids is 1. The van der Waals surface area contributed by atoms with Crippen molar-refractivity contribution in [3.05, 3.63) is 90.0 Å². The van der Waals surface area contributed by atoms with Gasteiger partial charge in [-0.3, -0.25) is 4.79 Å². The summed E-state index contributed by atoms with van der Waals surface area (Å²) in [5.74, 6) is 0.887. The third-order valence-electron chi connectivity index (χ3n) is 4.98. The van der Waals surface area contributed by atoms with E-state index in [0.717, 1.165) is 16.2 Å². The van der Waals surface area contributed by atoms with E-state index in [2.05, 4.69) is 5.32 Å². The predicted molar refractivity (Wildman–Crippen MR) is 125 cm³/mol. The maximum Gasteiger partial charge on any atom is 0.256 e. The van der Waals surface area contributed by atoms with Crippen LogP contribution in [0.2, 0.25) is 0 Å². The number of anilines is 1. The molecule has 0 saturated carbocycles. The van der Waals surface area contributed by atoms with Gasteiger partial charge in [-0.05, 0) is 48.4 Å². The number of carbonyl (C=O) groups is 1. The maximum absolute atomic E-state index is 12.9. The summed E-state index contributed by atoms with van der Waals surface area (Å²) in [6.07, 6.45) is 0.618. The van der Waals surface area contributed by atoms with Gasteiger partial charge >= 0.3 is 0 Å². The molecule has 3 aromatic carbocycles. The highest BCUT2D eigenvalue weighted by molar-refractivity contribution is 8.02. The fraction of sp³-hybridized carbons (Fsp3) is 0.208. The lowest BCUT2D eigenvalue weighted by molar-refractivity contribution is 0.102. The Bertz CT molecular complexity index is 1150. The Balaban J connectivity index is 1.38. The van der Waals surface area contributed by atoms with Gasteiger partial charge in [0.05, 0.1) is 17.1 Å². The quantitative estimate of drug-likeness (QED) is 0.556. The zero-order valence-corrected chi connectivity index (χ0v) is 18.5. The van der Waals surface area contributed by atoms with Crippen LogP contribution in [0.15, 0.2) is 83.8 Å². The van der Waals surface area contributed by atoms with Crippen molar-refractivity contribution < 1.29 is 17.9 Å². The van der Waals surface area contributed by atoms with E-state index in [-0.39, 0.29) is 22.7 Å². The van der Waals surface area contributed by atoms with Gasteiger partial charge in [0.1, 0.15) is 12.4 Å². The number of nitrogens with one attached hydrogen (secondary N) is 1. The summed E-state index contributed by atoms with van der Waals surface area (Å²) >= 11 is 1.47. The Labute approximate surface area is 186 Å². The Kier molecular flexibility index (Phi) is 6.63. The van der Waals surface area contributed by atoms with E-state index in [0.29, 0.717) is 24.3 Å². The van der Waals surface area contributed by atoms with Gasteiger partial charge in [-0.1, -0.05) is 42.5 Å². The van der Waals surface area contributed by atoms with Crippen LogP contribution in [-0.2, 0) is 16.4 Å². The van der Waals surface area contributed by atoms with Gasteiger partial charge < -0.3 is 10.1 Å². The maximum atomic E-state index is 12.9. The molecule has 1 atom stereocenters. The molecule has 3 aromatic rings. The average Bonchev–Trinajstić information content (AvgIpc) is 3.12. The van der Waals surface area contributed by atoms with E-state index < -0.39 is 9.84 Å². The first-order valence-corrected chi connectivity index (χ1v) is 12.7. The number of sulfone groups is 1. The van der Waals surface area contributed by atoms with Crippen molar-refractivity contribution in [3.63, 3.8) is 0 Å². The molecule has 31 heavy (non-hydrogen) atoms. The minimum Gasteiger partial charge on any atom is -0.489 e. The molecule has 4 rings (SSSR count). The SMILES string of the molecule is O=C(Nc1ccc(OCc2ccccc2)cc1)c1ccccc1S[C@H]1CCS(=O)(=O)C1. The van der Waals surface area contributed by atoms with Gasteiger partial charge in [0.15, 0.2) is 9.84 Å². The molecule has 0 aliphatic carbocycles. The van der Waals surface area contributed by atoms with E-state index >= 15 is 0 Å². The van der Waals surface area contributed by atoms with Crippen LogP contribution in [0, 0.1) is 0 Å². The third kappa shape index (κ3) is 5.89. The molecule has 1 N–H and O–H groups in total. The van der Waals surface area contributed by atoms with Crippen LogP contribution in [0.1, 0.15) is 22.3 Å². The minimum atomic E-state index is -2.96. The number of thioether (sulfide) groups is 1. The summed E-state index contributed by atoms with van der Waals surface area (Å²) in [5, 5.41) is 2.90. The molecule has 0 unspecified atom stereocenters. The van der Waals surface area contributed by atoms with Gasteiger partial charge in [-0.2, -0.15) is 0 Å². The van der Waals surface area contributed by atoms with Crippen molar-refractivity contribution in [2.45, 2.75) is 23.2 Å². The van der Waals surface area contributed by atoms with Gasteiger partial charge in [0, 0.05) is 15.8 Å². The second-order valence-electron chi connectivity index (χ2n) is 7.39. The molecule has 0 spiro atoms. The number of rotatable bonds is 7. The Morgan fingerprint density at radius 3 is 2.39 bits per heavy atom. The first-order valence-electron chi connectivity index (χ1n) is 10.0. The lowest BCUT2D eigenvalue weighted by Crippen LogP contribution is -2.14. The minimum absolute atomic E-state index is 0.0139. The summed E-state index contributed by atoms with van der Waals surface area (Å²) in [6.45, 7) is 0.480. The highest BCUT2D eigenvalue weighted by Crippen LogP contribution is 2.33. The molecule has 1 saturated heterocycles. The molecular weight excluding hydrogens is 430 g/mol. The zero-order chi connectivity index (χ0) is 21.7. The molecule has 1 amide bonds. The molecule has 1 fully saturated rings. The molecule has 160 valence electrons. The van der Waals surface area contributed by atoms with Crippen molar-refractivity contribution in [1.29, 1.82) is 0 Å². The van der Waals surface area contributed by atoms with Crippen molar-refractivity contribution in [2.24, 2.45) is 0 Å². The lowest BCUT2D eigenvalue weighted by Gasteiger charge is -2.13. The van der Waals surface area contributed by atoms with E-state index in [1.54, 1.807) is 18.2 Å². The lowest BCUT2D eigenvalue weighted by atomic mass is 10.2. The van der Waals surface area contributed by atoms with E-state index in [9.17, 15) is 13.2 Å². The molecule has 1 aliphatic rings. The van der Waals surface area contributed by atoms with Gasteiger partial charge in [-0.25, -0.2) is 8.42 Å². The van der Waals surface area contributed by atoms with E-state index in [1.165, 1.54) is 11.8 Å². The van der Waals surface area contributed by atoms with Crippen molar-refractivity contribution in [3.8, 4) is 5.75 Å². The van der Waals surface area contributed by atoms with Crippen LogP contribution >= 0.6 is 11.8 Å². The summed E-state index contributed by atoms with van der Waals surface area (Å²) in [5.41, 5.74) is 2.30. The number of ether oxygens (including phenoxy) is 1. The Morgan fingerprint density at radius 2 is 1.68 bits per heavy atom. The van der Waals surface area contributed by atoms with Crippen LogP contribution < -0.4 is 10.1 Å². The van der Waals surface area contributed by atoms with Crippen LogP contribution in [0.5, 0.6) is 5.75 Å². The standard InChI is InChI=1S/C24H23NO4S2/c26-24(22-8-4-5-9-23(22)30-21-14-15-31(27,28)17-21)25-19-10-12-20(13-11-19)29-16-18-6-2-1-3-7-18/h1-13,21H,14-17H2,(H,25,26)/t21-/m0/s1. The molecule has 0 radical (unpaired) electrons. The average molecular weight is 454 g/mol. The number of hydrogen-bond donors (Lipinski definition) is 1. The van der Waals surface area contributed by atoms with Crippen molar-refractivity contribution >= 4 is 33.2 Å². The number of amides is 1. The van der Waals surface area contributed by atoms with Crippen molar-refractivity contribution in [1.82, 2.24) is 0 Å². The van der Waals surface area contributed by atoms with Crippen LogP contribution in [-0.4, -0.2) is 31.1 Å². The second-order valence-corrected chi connectivity index (χ2v) is 11.0. The number of hydrogen-bond acceptors (Lipinski definition) is 5. The first kappa shape index (κ1) is 21.5. The smallest absolute Gasteiger partial charge is 0.256 e. The normalized spacial score (nSPS) is 17.2. The van der Waals surface area contributed by atoms with Crippen LogP contribution in [0.3, 0.4) is 0 Å². The molecule has 5 nitrogen and oxygen atoms in total. The number of benzene rings is 3. The summed E-state index contributed by atoms with van der Waals surface area (Å²) in [4.78, 5) is 13.7. The fourth-order valence-electron chi connectivity index (χ4n) is 3.36. The fourth-order valence-corrected chi connectivity index (χ4v) is 6.99. The monoisotopic (exact) mass is 453 g/mol. The highest BCUT2D eigenvalue weighted by Gasteiger charge is 2.29. The molecule has 1 heterocycles. The predicted octanol–water partition coefficient (Wildman–Crippen LogP) is 4.80. The molecule has 0 bridgehead atoms. The van der Waals surface area contributed by atoms with Crippen molar-refractivity contribution in [2.75, 3.05) is 16.8 Å². The Hall–Kier alpha value is -2.77. The topological polar surface area (TPSA) is 72.5 Å². The second kappa shape index (κ2) is 9.58. The van der Waals surface area contributed by atoms with E-state index in [1.807, 2.05) is 60.7 Å². The molecule has 7 heteroatoms. The van der Waals surface area contributed by atoms with Gasteiger partial charge in [-0.15, -0.1) is 11.8 Å². The largest absolute Gasteiger partial charge is 0.489 e. The van der Waals surface area contributed by atoms with Crippen LogP contribution in [0.4, 0.5) is 5.69 Å². The van der Waals surface area contributed by atoms with E-state index in [4.69, 9.17) is 4.74 Å². The molecule has 1 aliphatic heterocycles. The summed E-state index contributed by atoms with van der Waals surface area (Å²) in [6, 6.07) is 24.5. The summed E-state index contributed by atoms with van der Waals surface area (Å²) < 4.78 is 29.3. The Morgan fingerprint density at radius 1 is 0.968 bits per heavy atom. The van der Waals surface area contributed by atoms with Crippen LogP contribution in [0.25, 0.3) is 0 Å². The third-order valence-corrected chi connectivity index (χ3v) is 8.30. The van der Waals surface area contributed by atoms with Gasteiger partial charge in [0.25, 0.3) is 5.91 Å². The molecule has 0 aromatic heterocycles. The summed E-state index contributed by atoms with van der Waals surface area (Å²) in [7, 11) is -2.96. The first-order chi connectivity index (χ1) is 15.0. The van der Waals surface area contributed by atoms with Gasteiger partial charge in [0.2, 0.25) is 0 Å². The highest BCUT2D eigenvalue weighted by atomic mass is 32.2. The zero-order valence-electron chi connectivity index (χ0n) is 16.9.